The third-order valence-corrected chi connectivity index (χ3v) is 3.00. The van der Waals surface area contributed by atoms with Gasteiger partial charge in [0, 0.05) is 19.7 Å². The van der Waals surface area contributed by atoms with Crippen molar-refractivity contribution in [2.45, 2.75) is 32.9 Å². The van der Waals surface area contributed by atoms with Crippen LogP contribution in [0.4, 0.5) is 0 Å². The first-order chi connectivity index (χ1) is 9.45. The highest BCUT2D eigenvalue weighted by atomic mass is 16.5. The number of carbonyl (C=O) groups is 1. The standard InChI is InChI=1S/C15H24N2O3/c1-10-9-13(11(2)16)5-6-14(10)20-12(3)15(18)17-7-8-19-4/h5-6,9,11-12H,7-8,16H2,1-4H3,(H,17,18). The first kappa shape index (κ1) is 16.5. The number of nitrogens with two attached hydrogens (primary N) is 1. The van der Waals surface area contributed by atoms with Gasteiger partial charge in [0.05, 0.1) is 6.61 Å². The highest BCUT2D eigenvalue weighted by Crippen LogP contribution is 2.22. The number of ether oxygens (including phenoxy) is 2. The number of amides is 1. The smallest absolute Gasteiger partial charge is 0.260 e. The molecule has 5 nitrogen and oxygen atoms in total. The molecule has 0 aliphatic rings. The van der Waals surface area contributed by atoms with Crippen LogP contribution in [-0.2, 0) is 9.53 Å². The van der Waals surface area contributed by atoms with Gasteiger partial charge in [0.15, 0.2) is 6.10 Å². The van der Waals surface area contributed by atoms with Crippen LogP contribution in [0.5, 0.6) is 5.75 Å². The monoisotopic (exact) mass is 280 g/mol. The fraction of sp³-hybridized carbons (Fsp3) is 0.533. The summed E-state index contributed by atoms with van der Waals surface area (Å²) in [5.41, 5.74) is 7.85. The van der Waals surface area contributed by atoms with E-state index in [1.54, 1.807) is 14.0 Å². The fourth-order valence-corrected chi connectivity index (χ4v) is 1.75. The van der Waals surface area contributed by atoms with Crippen LogP contribution in [0.25, 0.3) is 0 Å². The van der Waals surface area contributed by atoms with Gasteiger partial charge in [-0.15, -0.1) is 0 Å². The van der Waals surface area contributed by atoms with Crippen LogP contribution >= 0.6 is 0 Å². The van der Waals surface area contributed by atoms with Gasteiger partial charge in [-0.05, 0) is 38.0 Å². The second-order valence-corrected chi connectivity index (χ2v) is 4.86. The number of rotatable bonds is 7. The Kier molecular flexibility index (Phi) is 6.48. The van der Waals surface area contributed by atoms with Crippen molar-refractivity contribution in [2.75, 3.05) is 20.3 Å². The Morgan fingerprint density at radius 2 is 2.10 bits per heavy atom. The predicted octanol–water partition coefficient (Wildman–Crippen LogP) is 1.54. The largest absolute Gasteiger partial charge is 0.481 e. The Hall–Kier alpha value is -1.59. The highest BCUT2D eigenvalue weighted by Gasteiger charge is 2.15. The topological polar surface area (TPSA) is 73.6 Å². The highest BCUT2D eigenvalue weighted by molar-refractivity contribution is 5.80. The minimum atomic E-state index is -0.549. The molecule has 20 heavy (non-hydrogen) atoms. The van der Waals surface area contributed by atoms with Crippen molar-refractivity contribution in [3.8, 4) is 5.75 Å². The molecule has 0 radical (unpaired) electrons. The number of methoxy groups -OCH3 is 1. The molecule has 5 heteroatoms. The minimum absolute atomic E-state index is 0.0162. The quantitative estimate of drug-likeness (QED) is 0.743. The zero-order valence-electron chi connectivity index (χ0n) is 12.6. The molecule has 0 aromatic heterocycles. The van der Waals surface area contributed by atoms with E-state index in [0.29, 0.717) is 18.9 Å². The SMILES string of the molecule is COCCNC(=O)C(C)Oc1ccc(C(C)N)cc1C. The Bertz CT molecular complexity index is 447. The van der Waals surface area contributed by atoms with Gasteiger partial charge < -0.3 is 20.5 Å². The van der Waals surface area contributed by atoms with Gasteiger partial charge in [-0.2, -0.15) is 0 Å². The number of hydrogen-bond donors (Lipinski definition) is 2. The van der Waals surface area contributed by atoms with E-state index in [4.69, 9.17) is 15.2 Å². The van der Waals surface area contributed by atoms with Gasteiger partial charge in [-0.3, -0.25) is 4.79 Å². The number of aryl methyl sites for hydroxylation is 1. The van der Waals surface area contributed by atoms with Crippen molar-refractivity contribution >= 4 is 5.91 Å². The number of nitrogens with one attached hydrogen (secondary N) is 1. The summed E-state index contributed by atoms with van der Waals surface area (Å²) < 4.78 is 10.6. The number of benzene rings is 1. The molecule has 3 N–H and O–H groups in total. The second kappa shape index (κ2) is 7.87. The summed E-state index contributed by atoms with van der Waals surface area (Å²) in [6, 6.07) is 5.74. The summed E-state index contributed by atoms with van der Waals surface area (Å²) in [6.07, 6.45) is -0.549. The van der Waals surface area contributed by atoms with Crippen LogP contribution in [0.3, 0.4) is 0 Å². The van der Waals surface area contributed by atoms with E-state index >= 15 is 0 Å². The van der Waals surface area contributed by atoms with Gasteiger partial charge in [0.1, 0.15) is 5.75 Å². The summed E-state index contributed by atoms with van der Waals surface area (Å²) in [4.78, 5) is 11.8. The Balaban J connectivity index is 2.61. The van der Waals surface area contributed by atoms with Crippen molar-refractivity contribution in [1.82, 2.24) is 5.32 Å². The summed E-state index contributed by atoms with van der Waals surface area (Å²) >= 11 is 0. The van der Waals surface area contributed by atoms with Crippen LogP contribution in [-0.4, -0.2) is 32.3 Å². The van der Waals surface area contributed by atoms with E-state index in [2.05, 4.69) is 5.32 Å². The second-order valence-electron chi connectivity index (χ2n) is 4.86. The minimum Gasteiger partial charge on any atom is -0.481 e. The third kappa shape index (κ3) is 4.83. The van der Waals surface area contributed by atoms with E-state index in [0.717, 1.165) is 11.1 Å². The summed E-state index contributed by atoms with van der Waals surface area (Å²) in [5, 5.41) is 2.74. The maximum Gasteiger partial charge on any atom is 0.260 e. The normalized spacial score (nSPS) is 13.7. The molecule has 2 unspecified atom stereocenters. The van der Waals surface area contributed by atoms with E-state index in [9.17, 15) is 4.79 Å². The molecule has 1 aromatic rings. The van der Waals surface area contributed by atoms with E-state index in [1.807, 2.05) is 32.0 Å². The Labute approximate surface area is 120 Å². The van der Waals surface area contributed by atoms with E-state index in [1.165, 1.54) is 0 Å². The summed E-state index contributed by atoms with van der Waals surface area (Å²) in [6.45, 7) is 6.56. The Morgan fingerprint density at radius 1 is 1.40 bits per heavy atom. The lowest BCUT2D eigenvalue weighted by Gasteiger charge is -2.17. The first-order valence-electron chi connectivity index (χ1n) is 6.75. The summed E-state index contributed by atoms with van der Waals surface area (Å²) in [7, 11) is 1.59. The molecule has 1 rings (SSSR count). The van der Waals surface area contributed by atoms with E-state index < -0.39 is 6.10 Å². The lowest BCUT2D eigenvalue weighted by Crippen LogP contribution is -2.38. The van der Waals surface area contributed by atoms with Crippen molar-refractivity contribution in [1.29, 1.82) is 0 Å². The lowest BCUT2D eigenvalue weighted by molar-refractivity contribution is -0.127. The van der Waals surface area contributed by atoms with Gasteiger partial charge in [-0.25, -0.2) is 0 Å². The molecule has 0 bridgehead atoms. The molecule has 0 aliphatic heterocycles. The maximum atomic E-state index is 11.8. The molecule has 0 fully saturated rings. The molecule has 0 aliphatic carbocycles. The van der Waals surface area contributed by atoms with Crippen LogP contribution in [0.15, 0.2) is 18.2 Å². The number of hydrogen-bond acceptors (Lipinski definition) is 4. The zero-order valence-corrected chi connectivity index (χ0v) is 12.6. The first-order valence-corrected chi connectivity index (χ1v) is 6.75. The van der Waals surface area contributed by atoms with Crippen molar-refractivity contribution < 1.29 is 14.3 Å². The summed E-state index contributed by atoms with van der Waals surface area (Å²) in [5.74, 6) is 0.543. The average Bonchev–Trinajstić information content (AvgIpc) is 2.40. The average molecular weight is 280 g/mol. The predicted molar refractivity (Wildman–Crippen MR) is 78.8 cm³/mol. The van der Waals surface area contributed by atoms with Crippen LogP contribution in [0.2, 0.25) is 0 Å². The number of carbonyl (C=O) groups excluding carboxylic acids is 1. The third-order valence-electron chi connectivity index (χ3n) is 3.00. The van der Waals surface area contributed by atoms with Gasteiger partial charge in [-0.1, -0.05) is 12.1 Å². The van der Waals surface area contributed by atoms with Crippen molar-refractivity contribution in [2.24, 2.45) is 5.73 Å². The van der Waals surface area contributed by atoms with Crippen LogP contribution < -0.4 is 15.8 Å². The van der Waals surface area contributed by atoms with Gasteiger partial charge in [0.25, 0.3) is 5.91 Å². The molecule has 2 atom stereocenters. The maximum absolute atomic E-state index is 11.8. The van der Waals surface area contributed by atoms with Crippen LogP contribution in [0.1, 0.15) is 31.0 Å². The molecule has 1 aromatic carbocycles. The van der Waals surface area contributed by atoms with E-state index in [-0.39, 0.29) is 11.9 Å². The molecular weight excluding hydrogens is 256 g/mol. The van der Waals surface area contributed by atoms with Crippen LogP contribution in [0, 0.1) is 6.92 Å². The molecule has 112 valence electrons. The zero-order chi connectivity index (χ0) is 15.1. The molecule has 1 amide bonds. The van der Waals surface area contributed by atoms with Gasteiger partial charge >= 0.3 is 0 Å². The Morgan fingerprint density at radius 3 is 2.65 bits per heavy atom. The molecule has 0 saturated carbocycles. The van der Waals surface area contributed by atoms with Crippen molar-refractivity contribution in [3.05, 3.63) is 29.3 Å². The molecule has 0 spiro atoms. The molecule has 0 saturated heterocycles. The lowest BCUT2D eigenvalue weighted by atomic mass is 10.1. The molecular formula is C15H24N2O3. The van der Waals surface area contributed by atoms with Gasteiger partial charge in [0.2, 0.25) is 0 Å². The molecule has 0 heterocycles. The van der Waals surface area contributed by atoms with Crippen molar-refractivity contribution in [3.63, 3.8) is 0 Å². The fourth-order valence-electron chi connectivity index (χ4n) is 1.75.